The van der Waals surface area contributed by atoms with Crippen LogP contribution in [0.15, 0.2) is 21.9 Å². The van der Waals surface area contributed by atoms with Crippen LogP contribution in [-0.2, 0) is 4.79 Å². The Bertz CT molecular complexity index is 671. The number of nitrogens with two attached hydrogens (primary N) is 1. The van der Waals surface area contributed by atoms with Crippen LogP contribution in [0.3, 0.4) is 0 Å². The van der Waals surface area contributed by atoms with E-state index < -0.39 is 0 Å². The zero-order valence-electron chi connectivity index (χ0n) is 13.4. The van der Waals surface area contributed by atoms with Gasteiger partial charge >= 0.3 is 0 Å². The van der Waals surface area contributed by atoms with Crippen LogP contribution in [-0.4, -0.2) is 31.6 Å². The number of carbonyl (C=O) groups excluding carboxylic acids is 1. The summed E-state index contributed by atoms with van der Waals surface area (Å²) in [5.41, 5.74) is 0.509. The molecule has 0 aromatic carbocycles. The third-order valence-corrected chi connectivity index (χ3v) is 3.97. The largest absolute Gasteiger partial charge is 0.469 e. The van der Waals surface area contributed by atoms with Crippen molar-refractivity contribution in [2.75, 3.05) is 5.84 Å². The maximum Gasteiger partial charge on any atom is 0.233 e. The smallest absolute Gasteiger partial charge is 0.233 e. The van der Waals surface area contributed by atoms with Gasteiger partial charge in [0.05, 0.1) is 17.1 Å². The van der Waals surface area contributed by atoms with Crippen molar-refractivity contribution >= 4 is 17.7 Å². The highest BCUT2D eigenvalue weighted by molar-refractivity contribution is 8.00. The van der Waals surface area contributed by atoms with Crippen LogP contribution in [0.25, 0.3) is 11.4 Å². The Morgan fingerprint density at radius 3 is 2.68 bits per heavy atom. The van der Waals surface area contributed by atoms with Gasteiger partial charge in [0, 0.05) is 5.54 Å². The number of carbonyl (C=O) groups is 1. The molecule has 2 heterocycles. The van der Waals surface area contributed by atoms with E-state index in [4.69, 9.17) is 10.3 Å². The SMILES string of the molecule is Cc1occc1-c1nnc(SC(C)C(=O)NC(C)(C)C)n1N. The van der Waals surface area contributed by atoms with Crippen molar-refractivity contribution in [3.8, 4) is 11.4 Å². The van der Waals surface area contributed by atoms with Crippen molar-refractivity contribution in [3.05, 3.63) is 18.1 Å². The fourth-order valence-corrected chi connectivity index (χ4v) is 2.61. The number of aromatic nitrogens is 3. The molecule has 0 radical (unpaired) electrons. The van der Waals surface area contributed by atoms with Gasteiger partial charge in [-0.15, -0.1) is 10.2 Å². The van der Waals surface area contributed by atoms with Crippen LogP contribution in [0, 0.1) is 6.92 Å². The summed E-state index contributed by atoms with van der Waals surface area (Å²) in [6.07, 6.45) is 1.57. The molecule has 0 saturated carbocycles. The number of furan rings is 1. The van der Waals surface area contributed by atoms with Gasteiger partial charge < -0.3 is 15.6 Å². The van der Waals surface area contributed by atoms with Gasteiger partial charge in [-0.2, -0.15) is 0 Å². The molecule has 8 heteroatoms. The number of thioether (sulfide) groups is 1. The molecular formula is C14H21N5O2S. The van der Waals surface area contributed by atoms with Crippen molar-refractivity contribution < 1.29 is 9.21 Å². The predicted molar refractivity (Wildman–Crippen MR) is 85.8 cm³/mol. The van der Waals surface area contributed by atoms with E-state index in [1.165, 1.54) is 16.4 Å². The fraction of sp³-hybridized carbons (Fsp3) is 0.500. The summed E-state index contributed by atoms with van der Waals surface area (Å²) in [5.74, 6) is 7.20. The Labute approximate surface area is 133 Å². The molecule has 1 atom stereocenters. The van der Waals surface area contributed by atoms with E-state index in [0.29, 0.717) is 16.7 Å². The van der Waals surface area contributed by atoms with Gasteiger partial charge in [0.25, 0.3) is 0 Å². The minimum atomic E-state index is -0.330. The van der Waals surface area contributed by atoms with E-state index in [1.807, 2.05) is 34.6 Å². The highest BCUT2D eigenvalue weighted by Gasteiger charge is 2.23. The number of hydrogen-bond donors (Lipinski definition) is 2. The Morgan fingerprint density at radius 2 is 2.14 bits per heavy atom. The van der Waals surface area contributed by atoms with Gasteiger partial charge in [0.15, 0.2) is 5.82 Å². The Kier molecular flexibility index (Phi) is 4.50. The van der Waals surface area contributed by atoms with E-state index in [2.05, 4.69) is 15.5 Å². The topological polar surface area (TPSA) is 99.0 Å². The first kappa shape index (κ1) is 16.4. The molecule has 0 bridgehead atoms. The van der Waals surface area contributed by atoms with Crippen LogP contribution in [0.5, 0.6) is 0 Å². The van der Waals surface area contributed by atoms with Crippen molar-refractivity contribution in [1.29, 1.82) is 0 Å². The molecule has 0 saturated heterocycles. The first-order valence-corrected chi connectivity index (χ1v) is 7.80. The Morgan fingerprint density at radius 1 is 1.45 bits per heavy atom. The highest BCUT2D eigenvalue weighted by Crippen LogP contribution is 2.27. The Balaban J connectivity index is 2.13. The third kappa shape index (κ3) is 3.62. The molecule has 0 spiro atoms. The summed E-state index contributed by atoms with van der Waals surface area (Å²) < 4.78 is 6.63. The second-order valence-corrected chi connectivity index (χ2v) is 7.37. The van der Waals surface area contributed by atoms with E-state index in [-0.39, 0.29) is 16.7 Å². The molecule has 0 aliphatic rings. The molecule has 0 aliphatic carbocycles. The number of hydrogen-bond acceptors (Lipinski definition) is 6. The van der Waals surface area contributed by atoms with Crippen LogP contribution < -0.4 is 11.2 Å². The van der Waals surface area contributed by atoms with Crippen molar-refractivity contribution in [3.63, 3.8) is 0 Å². The van der Waals surface area contributed by atoms with Crippen LogP contribution in [0.2, 0.25) is 0 Å². The van der Waals surface area contributed by atoms with E-state index in [9.17, 15) is 4.79 Å². The molecule has 120 valence electrons. The molecule has 2 aromatic rings. The summed E-state index contributed by atoms with van der Waals surface area (Å²) in [6, 6.07) is 1.78. The summed E-state index contributed by atoms with van der Waals surface area (Å²) in [6.45, 7) is 9.45. The number of nitrogens with zero attached hydrogens (tertiary/aromatic N) is 3. The normalized spacial score (nSPS) is 13.1. The minimum absolute atomic E-state index is 0.0680. The molecule has 0 aliphatic heterocycles. The second-order valence-electron chi connectivity index (χ2n) is 6.07. The number of rotatable bonds is 4. The lowest BCUT2D eigenvalue weighted by Crippen LogP contribution is -2.44. The first-order valence-electron chi connectivity index (χ1n) is 6.92. The quantitative estimate of drug-likeness (QED) is 0.659. The van der Waals surface area contributed by atoms with Crippen molar-refractivity contribution in [2.45, 2.75) is 50.6 Å². The van der Waals surface area contributed by atoms with Crippen LogP contribution in [0.1, 0.15) is 33.5 Å². The zero-order valence-corrected chi connectivity index (χ0v) is 14.2. The molecule has 2 aromatic heterocycles. The zero-order chi connectivity index (χ0) is 16.5. The van der Waals surface area contributed by atoms with Gasteiger partial charge in [-0.05, 0) is 40.7 Å². The first-order chi connectivity index (χ1) is 10.2. The predicted octanol–water partition coefficient (Wildman–Crippen LogP) is 1.96. The lowest BCUT2D eigenvalue weighted by atomic mass is 10.1. The molecule has 3 N–H and O–H groups in total. The lowest BCUT2D eigenvalue weighted by molar-refractivity contribution is -0.121. The van der Waals surface area contributed by atoms with Gasteiger partial charge in [0.2, 0.25) is 11.1 Å². The number of amides is 1. The van der Waals surface area contributed by atoms with Crippen LogP contribution in [0.4, 0.5) is 0 Å². The maximum atomic E-state index is 12.1. The van der Waals surface area contributed by atoms with Crippen molar-refractivity contribution in [1.82, 2.24) is 20.2 Å². The summed E-state index contributed by atoms with van der Waals surface area (Å²) >= 11 is 1.26. The van der Waals surface area contributed by atoms with E-state index in [1.54, 1.807) is 12.3 Å². The fourth-order valence-electron chi connectivity index (χ4n) is 1.84. The van der Waals surface area contributed by atoms with E-state index in [0.717, 1.165) is 5.56 Å². The average Bonchev–Trinajstić information content (AvgIpc) is 2.95. The monoisotopic (exact) mass is 323 g/mol. The molecule has 2 rings (SSSR count). The van der Waals surface area contributed by atoms with Crippen molar-refractivity contribution in [2.24, 2.45) is 0 Å². The lowest BCUT2D eigenvalue weighted by Gasteiger charge is -2.22. The molecule has 22 heavy (non-hydrogen) atoms. The maximum absolute atomic E-state index is 12.1. The number of nitrogen functional groups attached to an aromatic ring is 1. The molecule has 1 amide bonds. The highest BCUT2D eigenvalue weighted by atomic mass is 32.2. The number of nitrogens with one attached hydrogen (secondary N) is 1. The summed E-state index contributed by atoms with van der Waals surface area (Å²) in [5, 5.41) is 11.2. The van der Waals surface area contributed by atoms with Gasteiger partial charge in [-0.25, -0.2) is 4.68 Å². The second kappa shape index (κ2) is 6.04. The summed E-state index contributed by atoms with van der Waals surface area (Å²) in [4.78, 5) is 12.1. The standard InChI is InChI=1S/C14H21N5O2S/c1-8-10(6-7-21-8)11-17-18-13(19(11)15)22-9(2)12(20)16-14(3,4)5/h6-7,9H,15H2,1-5H3,(H,16,20). The molecule has 7 nitrogen and oxygen atoms in total. The number of aryl methyl sites for hydroxylation is 1. The summed E-state index contributed by atoms with van der Waals surface area (Å²) in [7, 11) is 0. The van der Waals surface area contributed by atoms with Gasteiger partial charge in [-0.3, -0.25) is 4.79 Å². The molecule has 0 fully saturated rings. The Hall–Kier alpha value is -1.96. The van der Waals surface area contributed by atoms with Gasteiger partial charge in [-0.1, -0.05) is 11.8 Å². The van der Waals surface area contributed by atoms with E-state index >= 15 is 0 Å². The van der Waals surface area contributed by atoms with Gasteiger partial charge in [0.1, 0.15) is 5.76 Å². The molecule has 1 unspecified atom stereocenters. The molecular weight excluding hydrogens is 302 g/mol. The average molecular weight is 323 g/mol. The third-order valence-electron chi connectivity index (χ3n) is 2.91. The van der Waals surface area contributed by atoms with Crippen LogP contribution >= 0.6 is 11.8 Å². The minimum Gasteiger partial charge on any atom is -0.469 e.